The third-order valence-electron chi connectivity index (χ3n) is 6.02. The highest BCUT2D eigenvalue weighted by Crippen LogP contribution is 2.38. The zero-order chi connectivity index (χ0) is 24.2. The number of nitrogens with zero attached hydrogens (tertiary/aromatic N) is 3. The largest absolute Gasteiger partial charge is 0.493 e. The average molecular weight is 486 g/mol. The summed E-state index contributed by atoms with van der Waals surface area (Å²) in [6.07, 6.45) is 0. The van der Waals surface area contributed by atoms with Crippen LogP contribution in [0.4, 0.5) is 5.69 Å². The molecule has 180 valence electrons. The zero-order valence-electron chi connectivity index (χ0n) is 19.7. The van der Waals surface area contributed by atoms with Crippen LogP contribution in [0.25, 0.3) is 10.9 Å². The fourth-order valence-electron chi connectivity index (χ4n) is 4.09. The Morgan fingerprint density at radius 2 is 2.00 bits per heavy atom. The Labute approximate surface area is 203 Å². The Bertz CT molecular complexity index is 1220. The minimum absolute atomic E-state index is 0.00641. The molecule has 3 aromatic rings. The first kappa shape index (κ1) is 24.2. The molecule has 1 amide bonds. The topological polar surface area (TPSA) is 89.9 Å². The quantitative estimate of drug-likeness (QED) is 0.495. The van der Waals surface area contributed by atoms with Gasteiger partial charge in [-0.15, -0.1) is 10.2 Å². The molecule has 34 heavy (non-hydrogen) atoms. The van der Waals surface area contributed by atoms with Crippen LogP contribution in [0.2, 0.25) is 5.02 Å². The van der Waals surface area contributed by atoms with Crippen molar-refractivity contribution in [2.45, 2.75) is 33.4 Å². The third kappa shape index (κ3) is 5.24. The first-order chi connectivity index (χ1) is 16.3. The molecule has 1 aromatic heterocycles. The van der Waals surface area contributed by atoms with Gasteiger partial charge in [0, 0.05) is 10.4 Å². The summed E-state index contributed by atoms with van der Waals surface area (Å²) in [5.74, 6) is 0.236. The maximum Gasteiger partial charge on any atom is 0.302 e. The Morgan fingerprint density at radius 1 is 1.26 bits per heavy atom. The van der Waals surface area contributed by atoms with E-state index in [1.807, 2.05) is 61.7 Å². The van der Waals surface area contributed by atoms with Crippen molar-refractivity contribution in [3.63, 3.8) is 0 Å². The highest BCUT2D eigenvalue weighted by molar-refractivity contribution is 6.31. The molecule has 1 saturated heterocycles. The van der Waals surface area contributed by atoms with E-state index in [2.05, 4.69) is 10.2 Å². The SMILES string of the molecule is Cc1cc(OCC(=O)N=Nc2c(O)n(C[NH+]3CCOCC3)c3ccccc23)c(C(C)C)cc1Cl. The fourth-order valence-corrected chi connectivity index (χ4v) is 4.26. The molecule has 0 atom stereocenters. The smallest absolute Gasteiger partial charge is 0.302 e. The Balaban J connectivity index is 1.52. The third-order valence-corrected chi connectivity index (χ3v) is 6.43. The monoisotopic (exact) mass is 485 g/mol. The van der Waals surface area contributed by atoms with Gasteiger partial charge in [-0.2, -0.15) is 0 Å². The van der Waals surface area contributed by atoms with Gasteiger partial charge in [0.1, 0.15) is 18.8 Å². The number of ether oxygens (including phenoxy) is 2. The van der Waals surface area contributed by atoms with Crippen molar-refractivity contribution >= 4 is 34.1 Å². The van der Waals surface area contributed by atoms with E-state index in [1.165, 1.54) is 4.90 Å². The van der Waals surface area contributed by atoms with Crippen LogP contribution in [0.15, 0.2) is 46.6 Å². The minimum Gasteiger partial charge on any atom is -0.493 e. The molecule has 2 heterocycles. The number of hydrogen-bond acceptors (Lipinski definition) is 5. The van der Waals surface area contributed by atoms with E-state index in [9.17, 15) is 9.90 Å². The standard InChI is InChI=1S/C25H29ClN4O4/c1-16(2)19-13-20(26)17(3)12-22(19)34-14-23(31)27-28-24-18-6-4-5-7-21(18)30(25(24)32)15-29-8-10-33-11-9-29/h4-7,12-13,16,32H,8-11,14-15H2,1-3H3/p+1. The molecule has 0 saturated carbocycles. The molecule has 0 bridgehead atoms. The predicted molar refractivity (Wildman–Crippen MR) is 130 cm³/mol. The fraction of sp³-hybridized carbons (Fsp3) is 0.400. The van der Waals surface area contributed by atoms with Gasteiger partial charge >= 0.3 is 5.91 Å². The van der Waals surface area contributed by atoms with Gasteiger partial charge < -0.3 is 19.5 Å². The molecule has 2 N–H and O–H groups in total. The van der Waals surface area contributed by atoms with Crippen LogP contribution in [0.1, 0.15) is 30.9 Å². The summed E-state index contributed by atoms with van der Waals surface area (Å²) in [5.41, 5.74) is 2.92. The van der Waals surface area contributed by atoms with Crippen molar-refractivity contribution in [1.29, 1.82) is 0 Å². The Kier molecular flexibility index (Phi) is 7.50. The van der Waals surface area contributed by atoms with Crippen LogP contribution in [0, 0.1) is 6.92 Å². The highest BCUT2D eigenvalue weighted by atomic mass is 35.5. The van der Waals surface area contributed by atoms with Crippen molar-refractivity contribution in [2.75, 3.05) is 32.9 Å². The number of aromatic hydroxyl groups is 1. The van der Waals surface area contributed by atoms with E-state index in [0.717, 1.165) is 35.1 Å². The molecule has 1 fully saturated rings. The molecule has 0 unspecified atom stereocenters. The van der Waals surface area contributed by atoms with Crippen LogP contribution in [0.5, 0.6) is 11.6 Å². The number of carbonyl (C=O) groups is 1. The second-order valence-corrected chi connectivity index (χ2v) is 9.22. The van der Waals surface area contributed by atoms with Crippen molar-refractivity contribution in [3.05, 3.63) is 52.5 Å². The lowest BCUT2D eigenvalue weighted by Crippen LogP contribution is -3.13. The number of fused-ring (bicyclic) bond motifs is 1. The average Bonchev–Trinajstić information content (AvgIpc) is 3.09. The number of aryl methyl sites for hydroxylation is 1. The molecule has 8 nitrogen and oxygen atoms in total. The molecule has 0 radical (unpaired) electrons. The lowest BCUT2D eigenvalue weighted by atomic mass is 10.0. The van der Waals surface area contributed by atoms with E-state index < -0.39 is 5.91 Å². The summed E-state index contributed by atoms with van der Waals surface area (Å²) < 4.78 is 13.0. The lowest BCUT2D eigenvalue weighted by molar-refractivity contribution is -0.930. The van der Waals surface area contributed by atoms with Gasteiger partial charge in [0.25, 0.3) is 0 Å². The molecule has 1 aliphatic rings. The van der Waals surface area contributed by atoms with Crippen LogP contribution >= 0.6 is 11.6 Å². The number of amides is 1. The van der Waals surface area contributed by atoms with Crippen molar-refractivity contribution in [1.82, 2.24) is 4.57 Å². The predicted octanol–water partition coefficient (Wildman–Crippen LogP) is 3.99. The van der Waals surface area contributed by atoms with Gasteiger partial charge in [0.2, 0.25) is 5.88 Å². The number of quaternary nitrogens is 1. The normalized spacial score (nSPS) is 15.0. The van der Waals surface area contributed by atoms with E-state index in [0.29, 0.717) is 30.7 Å². The second-order valence-electron chi connectivity index (χ2n) is 8.81. The van der Waals surface area contributed by atoms with Gasteiger partial charge in [0.05, 0.1) is 18.7 Å². The number of benzene rings is 2. The zero-order valence-corrected chi connectivity index (χ0v) is 20.4. The van der Waals surface area contributed by atoms with E-state index >= 15 is 0 Å². The van der Waals surface area contributed by atoms with Gasteiger partial charge in [0.15, 0.2) is 19.0 Å². The molecule has 0 aliphatic carbocycles. The summed E-state index contributed by atoms with van der Waals surface area (Å²) in [4.78, 5) is 13.8. The molecular weight excluding hydrogens is 456 g/mol. The second kappa shape index (κ2) is 10.5. The number of para-hydroxylation sites is 1. The summed E-state index contributed by atoms with van der Waals surface area (Å²) in [5, 5.41) is 20.3. The molecule has 1 aliphatic heterocycles. The number of rotatable bonds is 7. The number of azo groups is 1. The summed E-state index contributed by atoms with van der Waals surface area (Å²) in [6, 6.07) is 11.3. The van der Waals surface area contributed by atoms with Crippen LogP contribution < -0.4 is 9.64 Å². The number of carbonyl (C=O) groups excluding carboxylic acids is 1. The van der Waals surface area contributed by atoms with Crippen molar-refractivity contribution in [2.24, 2.45) is 10.2 Å². The summed E-state index contributed by atoms with van der Waals surface area (Å²) in [7, 11) is 0. The molecule has 0 spiro atoms. The number of hydrogen-bond donors (Lipinski definition) is 2. The molecule has 9 heteroatoms. The lowest BCUT2D eigenvalue weighted by Gasteiger charge is -2.24. The van der Waals surface area contributed by atoms with Crippen molar-refractivity contribution < 1.29 is 24.3 Å². The van der Waals surface area contributed by atoms with Gasteiger partial charge in [-0.25, -0.2) is 0 Å². The van der Waals surface area contributed by atoms with Gasteiger partial charge in [-0.05, 0) is 42.2 Å². The number of nitrogens with one attached hydrogen (secondary N) is 1. The van der Waals surface area contributed by atoms with Gasteiger partial charge in [-0.3, -0.25) is 9.36 Å². The first-order valence-electron chi connectivity index (χ1n) is 11.4. The molecule has 2 aromatic carbocycles. The number of halogens is 1. The molecule has 4 rings (SSSR count). The number of aromatic nitrogens is 1. The Morgan fingerprint density at radius 3 is 2.74 bits per heavy atom. The maximum atomic E-state index is 12.5. The van der Waals surface area contributed by atoms with Crippen LogP contribution in [-0.4, -0.2) is 48.5 Å². The van der Waals surface area contributed by atoms with Gasteiger partial charge in [-0.1, -0.05) is 43.6 Å². The molecular formula is C25H30ClN4O4+. The van der Waals surface area contributed by atoms with E-state index in [-0.39, 0.29) is 24.1 Å². The van der Waals surface area contributed by atoms with Crippen molar-refractivity contribution in [3.8, 4) is 11.6 Å². The van der Waals surface area contributed by atoms with E-state index in [4.69, 9.17) is 21.1 Å². The summed E-state index contributed by atoms with van der Waals surface area (Å²) in [6.45, 7) is 9.39. The minimum atomic E-state index is -0.544. The number of morpholine rings is 1. The maximum absolute atomic E-state index is 12.5. The summed E-state index contributed by atoms with van der Waals surface area (Å²) >= 11 is 6.25. The van der Waals surface area contributed by atoms with E-state index in [1.54, 1.807) is 0 Å². The Hall–Kier alpha value is -2.94. The van der Waals surface area contributed by atoms with Crippen LogP contribution in [-0.2, 0) is 16.2 Å². The van der Waals surface area contributed by atoms with Crippen LogP contribution in [0.3, 0.4) is 0 Å². The first-order valence-corrected chi connectivity index (χ1v) is 11.8. The highest BCUT2D eigenvalue weighted by Gasteiger charge is 2.22.